The molecule has 0 spiro atoms. The number of H-pyrrole nitrogens is 1. The van der Waals surface area contributed by atoms with E-state index in [1.807, 2.05) is 60.1 Å². The van der Waals surface area contributed by atoms with Crippen molar-refractivity contribution in [2.45, 2.75) is 0 Å². The van der Waals surface area contributed by atoms with Gasteiger partial charge in [0.1, 0.15) is 10.6 Å². The van der Waals surface area contributed by atoms with E-state index in [0.717, 1.165) is 21.9 Å². The van der Waals surface area contributed by atoms with Crippen LogP contribution in [-0.2, 0) is 0 Å². The summed E-state index contributed by atoms with van der Waals surface area (Å²) in [5.41, 5.74) is 2.68. The van der Waals surface area contributed by atoms with Crippen LogP contribution in [-0.4, -0.2) is 16.2 Å². The quantitative estimate of drug-likeness (QED) is 0.352. The third kappa shape index (κ3) is 2.86. The number of thiazole rings is 1. The van der Waals surface area contributed by atoms with Crippen LogP contribution in [0, 0.1) is 0 Å². The molecule has 0 aliphatic heterocycles. The van der Waals surface area contributed by atoms with Crippen molar-refractivity contribution in [3.05, 3.63) is 82.2 Å². The van der Waals surface area contributed by atoms with E-state index >= 15 is 0 Å². The van der Waals surface area contributed by atoms with Crippen LogP contribution in [0.25, 0.3) is 32.4 Å². The summed E-state index contributed by atoms with van der Waals surface area (Å²) in [5.74, 6) is 0.563. The number of benzene rings is 2. The van der Waals surface area contributed by atoms with Gasteiger partial charge in [-0.25, -0.2) is 14.8 Å². The van der Waals surface area contributed by atoms with E-state index in [1.165, 1.54) is 11.3 Å². The molecule has 3 aromatic heterocycles. The van der Waals surface area contributed by atoms with Gasteiger partial charge in [-0.1, -0.05) is 36.4 Å². The Bertz CT molecular complexity index is 1360. The van der Waals surface area contributed by atoms with Gasteiger partial charge >= 0.3 is 5.63 Å². The minimum Gasteiger partial charge on any atom is -0.422 e. The molecule has 0 unspecified atom stereocenters. The molecule has 0 amide bonds. The molecule has 5 aromatic rings. The van der Waals surface area contributed by atoms with E-state index in [1.54, 1.807) is 12.3 Å². The lowest BCUT2D eigenvalue weighted by molar-refractivity contribution is 0.563. The Hall–Kier alpha value is -3.51. The minimum absolute atomic E-state index is 0.393. The topological polar surface area (TPSA) is 71.2 Å². The van der Waals surface area contributed by atoms with Crippen molar-refractivity contribution < 1.29 is 4.42 Å². The second-order valence-corrected chi connectivity index (χ2v) is 6.90. The van der Waals surface area contributed by atoms with Crippen molar-refractivity contribution in [3.8, 4) is 10.6 Å². The molecule has 0 radical (unpaired) electrons. The van der Waals surface area contributed by atoms with Gasteiger partial charge in [-0.3, -0.25) is 0 Å². The molecule has 130 valence electrons. The number of nitrogens with zero attached hydrogens (tertiary/aromatic N) is 2. The van der Waals surface area contributed by atoms with Gasteiger partial charge in [0.15, 0.2) is 5.82 Å². The molecule has 0 fully saturated rings. The lowest BCUT2D eigenvalue weighted by atomic mass is 10.2. The predicted molar refractivity (Wildman–Crippen MR) is 109 cm³/mol. The normalized spacial score (nSPS) is 11.7. The van der Waals surface area contributed by atoms with E-state index in [0.29, 0.717) is 22.0 Å². The molecule has 27 heavy (non-hydrogen) atoms. The average molecular weight is 371 g/mol. The van der Waals surface area contributed by atoms with Crippen molar-refractivity contribution >= 4 is 45.2 Å². The van der Waals surface area contributed by atoms with Crippen LogP contribution in [0.2, 0.25) is 0 Å². The summed E-state index contributed by atoms with van der Waals surface area (Å²) in [5, 5.41) is 4.40. The van der Waals surface area contributed by atoms with Crippen LogP contribution in [0.3, 0.4) is 0 Å². The molecular formula is C21H13N3O2S. The SMILES string of the molecule is O=c1oc2ccccc2cc1-c1nc(/N=C/c2c[nH]c3ccccc23)cs1. The number of aromatic amines is 1. The maximum Gasteiger partial charge on any atom is 0.346 e. The minimum atomic E-state index is -0.393. The van der Waals surface area contributed by atoms with Crippen LogP contribution >= 0.6 is 11.3 Å². The summed E-state index contributed by atoms with van der Waals surface area (Å²) in [4.78, 5) is 24.4. The third-order valence-electron chi connectivity index (χ3n) is 4.32. The zero-order valence-electron chi connectivity index (χ0n) is 14.0. The summed E-state index contributed by atoms with van der Waals surface area (Å²) >= 11 is 1.37. The van der Waals surface area contributed by atoms with Crippen LogP contribution in [0.1, 0.15) is 5.56 Å². The molecule has 2 aromatic carbocycles. The molecule has 0 bridgehead atoms. The fourth-order valence-corrected chi connectivity index (χ4v) is 3.74. The lowest BCUT2D eigenvalue weighted by Gasteiger charge is -1.98. The van der Waals surface area contributed by atoms with Gasteiger partial charge in [0.05, 0.1) is 5.56 Å². The Kier molecular flexibility index (Phi) is 3.69. The van der Waals surface area contributed by atoms with E-state index in [2.05, 4.69) is 15.0 Å². The number of hydrogen-bond donors (Lipinski definition) is 1. The lowest BCUT2D eigenvalue weighted by Crippen LogP contribution is -2.02. The summed E-state index contributed by atoms with van der Waals surface area (Å²) in [6.07, 6.45) is 3.69. The Balaban J connectivity index is 1.50. The molecule has 0 saturated carbocycles. The number of aliphatic imine (C=N–C) groups is 1. The first-order valence-electron chi connectivity index (χ1n) is 8.37. The first-order valence-corrected chi connectivity index (χ1v) is 9.25. The highest BCUT2D eigenvalue weighted by atomic mass is 32.1. The van der Waals surface area contributed by atoms with E-state index < -0.39 is 5.63 Å². The van der Waals surface area contributed by atoms with Crippen LogP contribution in [0.4, 0.5) is 5.82 Å². The molecule has 1 N–H and O–H groups in total. The van der Waals surface area contributed by atoms with E-state index in [-0.39, 0.29) is 0 Å². The smallest absolute Gasteiger partial charge is 0.346 e. The molecule has 0 saturated heterocycles. The third-order valence-corrected chi connectivity index (χ3v) is 5.18. The number of hydrogen-bond acceptors (Lipinski definition) is 5. The number of aromatic nitrogens is 2. The van der Waals surface area contributed by atoms with Crippen molar-refractivity contribution in [2.24, 2.45) is 4.99 Å². The highest BCUT2D eigenvalue weighted by Gasteiger charge is 2.11. The number of fused-ring (bicyclic) bond motifs is 2. The first-order chi connectivity index (χ1) is 13.3. The molecule has 0 atom stereocenters. The maximum atomic E-state index is 12.3. The van der Waals surface area contributed by atoms with Gasteiger partial charge in [0.2, 0.25) is 0 Å². The monoisotopic (exact) mass is 371 g/mol. The molecular weight excluding hydrogens is 358 g/mol. The van der Waals surface area contributed by atoms with E-state index in [9.17, 15) is 4.79 Å². The predicted octanol–water partition coefficient (Wildman–Crippen LogP) is 5.15. The van der Waals surface area contributed by atoms with Crippen LogP contribution in [0.5, 0.6) is 0 Å². The Morgan fingerprint density at radius 1 is 1.11 bits per heavy atom. The highest BCUT2D eigenvalue weighted by Crippen LogP contribution is 2.27. The second-order valence-electron chi connectivity index (χ2n) is 6.04. The Morgan fingerprint density at radius 2 is 1.96 bits per heavy atom. The fraction of sp³-hybridized carbons (Fsp3) is 0. The Morgan fingerprint density at radius 3 is 2.93 bits per heavy atom. The first kappa shape index (κ1) is 15.7. The van der Waals surface area contributed by atoms with Crippen molar-refractivity contribution in [1.29, 1.82) is 0 Å². The summed E-state index contributed by atoms with van der Waals surface area (Å²) in [7, 11) is 0. The number of rotatable bonds is 3. The van der Waals surface area contributed by atoms with Crippen molar-refractivity contribution in [1.82, 2.24) is 9.97 Å². The zero-order chi connectivity index (χ0) is 18.2. The molecule has 0 aliphatic rings. The van der Waals surface area contributed by atoms with Crippen molar-refractivity contribution in [2.75, 3.05) is 0 Å². The van der Waals surface area contributed by atoms with Gasteiger partial charge in [0.25, 0.3) is 0 Å². The molecule has 6 heteroatoms. The maximum absolute atomic E-state index is 12.3. The molecule has 5 nitrogen and oxygen atoms in total. The van der Waals surface area contributed by atoms with Gasteiger partial charge in [0, 0.05) is 39.6 Å². The zero-order valence-corrected chi connectivity index (χ0v) is 14.9. The second kappa shape index (κ2) is 6.34. The average Bonchev–Trinajstić information content (AvgIpc) is 3.33. The number of para-hydroxylation sites is 2. The van der Waals surface area contributed by atoms with Gasteiger partial charge in [-0.15, -0.1) is 11.3 Å². The largest absolute Gasteiger partial charge is 0.422 e. The molecule has 0 aliphatic carbocycles. The summed E-state index contributed by atoms with van der Waals surface area (Å²) in [6.45, 7) is 0. The van der Waals surface area contributed by atoms with Gasteiger partial charge in [-0.05, 0) is 18.2 Å². The fourth-order valence-electron chi connectivity index (χ4n) is 3.00. The van der Waals surface area contributed by atoms with Gasteiger partial charge < -0.3 is 9.40 Å². The number of nitrogens with one attached hydrogen (secondary N) is 1. The van der Waals surface area contributed by atoms with Crippen LogP contribution < -0.4 is 5.63 Å². The highest BCUT2D eigenvalue weighted by molar-refractivity contribution is 7.13. The Labute approximate surface area is 157 Å². The van der Waals surface area contributed by atoms with Crippen LogP contribution in [0.15, 0.2) is 80.4 Å². The molecule has 5 rings (SSSR count). The summed E-state index contributed by atoms with van der Waals surface area (Å²) < 4.78 is 5.39. The standard InChI is InChI=1S/C21H13N3O2S/c25-21-16(9-13-5-1-4-8-18(13)26-21)20-24-19(12-27-20)23-11-14-10-22-17-7-3-2-6-15(14)17/h1-12,22H/b23-11+. The molecule has 3 heterocycles. The summed E-state index contributed by atoms with van der Waals surface area (Å²) in [6, 6.07) is 17.3. The van der Waals surface area contributed by atoms with E-state index in [4.69, 9.17) is 4.42 Å². The van der Waals surface area contributed by atoms with Gasteiger partial charge in [-0.2, -0.15) is 0 Å². The van der Waals surface area contributed by atoms with Crippen molar-refractivity contribution in [3.63, 3.8) is 0 Å².